The molecule has 10 heavy (non-hydrogen) atoms. The second kappa shape index (κ2) is 2.20. The van der Waals surface area contributed by atoms with Gasteiger partial charge in [0, 0.05) is 19.4 Å². The molecule has 0 aliphatic carbocycles. The van der Waals surface area contributed by atoms with Crippen LogP contribution in [0.5, 0.6) is 0 Å². The van der Waals surface area contributed by atoms with Gasteiger partial charge in [-0.15, -0.1) is 0 Å². The third-order valence-corrected chi connectivity index (χ3v) is 2.22. The van der Waals surface area contributed by atoms with Crippen LogP contribution in [0.25, 0.3) is 0 Å². The van der Waals surface area contributed by atoms with Crippen molar-refractivity contribution in [2.24, 2.45) is 0 Å². The minimum atomic E-state index is 0.995. The topological polar surface area (TPSA) is 3.24 Å². The predicted molar refractivity (Wildman–Crippen MR) is 45.1 cm³/mol. The van der Waals surface area contributed by atoms with E-state index in [4.69, 9.17) is 12.8 Å². The van der Waals surface area contributed by atoms with Crippen LogP contribution in [0.1, 0.15) is 5.56 Å². The zero-order chi connectivity index (χ0) is 6.97. The smallest absolute Gasteiger partial charge is 0.0511 e. The molecule has 0 fully saturated rings. The van der Waals surface area contributed by atoms with Gasteiger partial charge in [0.2, 0.25) is 0 Å². The molecule has 0 spiro atoms. The lowest BCUT2D eigenvalue weighted by molar-refractivity contribution is 1.06. The van der Waals surface area contributed by atoms with Crippen LogP contribution in [0.2, 0.25) is 0 Å². The summed E-state index contributed by atoms with van der Waals surface area (Å²) >= 11 is 5.09. The standard InChI is InChI=1S/C8H8NS/c10-9-6-5-7-3-1-2-4-8(7)9/h1-4H,5-6H2. The fourth-order valence-electron chi connectivity index (χ4n) is 1.31. The largest absolute Gasteiger partial charge is 0.305 e. The van der Waals surface area contributed by atoms with Crippen LogP contribution >= 0.6 is 12.8 Å². The second-order valence-electron chi connectivity index (χ2n) is 2.48. The van der Waals surface area contributed by atoms with E-state index in [1.807, 2.05) is 10.4 Å². The molecular formula is C8H8NS. The van der Waals surface area contributed by atoms with Gasteiger partial charge >= 0.3 is 0 Å². The van der Waals surface area contributed by atoms with Crippen molar-refractivity contribution in [3.05, 3.63) is 29.8 Å². The number of hydrogen-bond donors (Lipinski definition) is 0. The maximum Gasteiger partial charge on any atom is 0.0511 e. The molecule has 0 saturated carbocycles. The van der Waals surface area contributed by atoms with E-state index in [0.717, 1.165) is 13.0 Å². The molecule has 0 unspecified atom stereocenters. The van der Waals surface area contributed by atoms with Crippen LogP contribution in [0.3, 0.4) is 0 Å². The van der Waals surface area contributed by atoms with Crippen molar-refractivity contribution in [3.63, 3.8) is 0 Å². The van der Waals surface area contributed by atoms with Gasteiger partial charge in [0.1, 0.15) is 0 Å². The van der Waals surface area contributed by atoms with Crippen molar-refractivity contribution in [2.45, 2.75) is 6.42 Å². The lowest BCUT2D eigenvalue weighted by Crippen LogP contribution is -2.04. The van der Waals surface area contributed by atoms with Gasteiger partial charge in [-0.05, 0) is 18.1 Å². The molecule has 0 atom stereocenters. The van der Waals surface area contributed by atoms with E-state index in [1.165, 1.54) is 11.3 Å². The number of anilines is 1. The number of fused-ring (bicyclic) bond motifs is 1. The number of para-hydroxylation sites is 1. The fraction of sp³-hybridized carbons (Fsp3) is 0.250. The van der Waals surface area contributed by atoms with Crippen molar-refractivity contribution >= 4 is 18.5 Å². The average Bonchev–Trinajstić information content (AvgIpc) is 2.34. The summed E-state index contributed by atoms with van der Waals surface area (Å²) in [5.41, 5.74) is 2.61. The summed E-state index contributed by atoms with van der Waals surface area (Å²) in [5.74, 6) is 0. The Hall–Kier alpha value is -0.630. The molecule has 1 aromatic rings. The molecule has 0 aromatic heterocycles. The highest BCUT2D eigenvalue weighted by Gasteiger charge is 2.14. The number of rotatable bonds is 0. The third kappa shape index (κ3) is 0.797. The Kier molecular flexibility index (Phi) is 1.34. The Balaban J connectivity index is 2.51. The molecule has 1 aliphatic rings. The quantitative estimate of drug-likeness (QED) is 0.548. The predicted octanol–water partition coefficient (Wildman–Crippen LogP) is 2.16. The van der Waals surface area contributed by atoms with Crippen molar-refractivity contribution in [3.8, 4) is 0 Å². The third-order valence-electron chi connectivity index (χ3n) is 1.84. The van der Waals surface area contributed by atoms with Crippen LogP contribution in [0.15, 0.2) is 24.3 Å². The first kappa shape index (κ1) is 6.10. The molecule has 1 radical (unpaired) electrons. The van der Waals surface area contributed by atoms with E-state index in [0.29, 0.717) is 0 Å². The van der Waals surface area contributed by atoms with Gasteiger partial charge < -0.3 is 4.31 Å². The van der Waals surface area contributed by atoms with Crippen molar-refractivity contribution in [2.75, 3.05) is 10.8 Å². The number of nitrogens with zero attached hydrogens (tertiary/aromatic N) is 1. The Labute approximate surface area is 66.2 Å². The zero-order valence-corrected chi connectivity index (χ0v) is 6.40. The maximum atomic E-state index is 5.09. The molecule has 0 N–H and O–H groups in total. The van der Waals surface area contributed by atoms with Crippen molar-refractivity contribution in [1.82, 2.24) is 0 Å². The molecule has 2 heteroatoms. The highest BCUT2D eigenvalue weighted by Crippen LogP contribution is 2.27. The van der Waals surface area contributed by atoms with Crippen LogP contribution in [-0.4, -0.2) is 6.54 Å². The summed E-state index contributed by atoms with van der Waals surface area (Å²) in [6.07, 6.45) is 1.11. The number of hydrogen-bond acceptors (Lipinski definition) is 1. The molecule has 51 valence electrons. The van der Waals surface area contributed by atoms with Crippen molar-refractivity contribution < 1.29 is 0 Å². The van der Waals surface area contributed by atoms with Gasteiger partial charge in [-0.3, -0.25) is 0 Å². The summed E-state index contributed by atoms with van der Waals surface area (Å²) in [5, 5.41) is 0. The Morgan fingerprint density at radius 1 is 1.30 bits per heavy atom. The molecule has 1 heterocycles. The van der Waals surface area contributed by atoms with Crippen LogP contribution in [0.4, 0.5) is 5.69 Å². The Morgan fingerprint density at radius 2 is 2.10 bits per heavy atom. The highest BCUT2D eigenvalue weighted by molar-refractivity contribution is 7.81. The first-order chi connectivity index (χ1) is 4.88. The van der Waals surface area contributed by atoms with Crippen molar-refractivity contribution in [1.29, 1.82) is 0 Å². The maximum absolute atomic E-state index is 5.09. The lowest BCUT2D eigenvalue weighted by atomic mass is 10.2. The summed E-state index contributed by atoms with van der Waals surface area (Å²) < 4.78 is 1.88. The Morgan fingerprint density at radius 3 is 2.90 bits per heavy atom. The normalized spacial score (nSPS) is 15.5. The van der Waals surface area contributed by atoms with E-state index < -0.39 is 0 Å². The molecule has 2 rings (SSSR count). The fourth-order valence-corrected chi connectivity index (χ4v) is 1.58. The van der Waals surface area contributed by atoms with Crippen LogP contribution in [-0.2, 0) is 6.42 Å². The SMILES string of the molecule is [S]N1CCc2ccccc21. The number of benzene rings is 1. The lowest BCUT2D eigenvalue weighted by Gasteiger charge is -2.06. The molecule has 1 nitrogen and oxygen atoms in total. The van der Waals surface area contributed by atoms with Gasteiger partial charge in [0.05, 0.1) is 5.69 Å². The first-order valence-electron chi connectivity index (χ1n) is 3.40. The molecule has 1 aromatic carbocycles. The second-order valence-corrected chi connectivity index (χ2v) is 2.92. The summed E-state index contributed by atoms with van der Waals surface area (Å²) in [4.78, 5) is 0. The first-order valence-corrected chi connectivity index (χ1v) is 3.77. The van der Waals surface area contributed by atoms with E-state index >= 15 is 0 Å². The van der Waals surface area contributed by atoms with Gasteiger partial charge in [-0.2, -0.15) is 0 Å². The average molecular weight is 150 g/mol. The van der Waals surface area contributed by atoms with Gasteiger partial charge in [-0.1, -0.05) is 18.2 Å². The van der Waals surface area contributed by atoms with Crippen LogP contribution < -0.4 is 4.31 Å². The minimum absolute atomic E-state index is 0.995. The van der Waals surface area contributed by atoms with E-state index in [1.54, 1.807) is 0 Å². The van der Waals surface area contributed by atoms with E-state index in [2.05, 4.69) is 18.2 Å². The summed E-state index contributed by atoms with van der Waals surface area (Å²) in [6, 6.07) is 8.31. The highest BCUT2D eigenvalue weighted by atomic mass is 32.1. The summed E-state index contributed by atoms with van der Waals surface area (Å²) in [7, 11) is 0. The minimum Gasteiger partial charge on any atom is -0.305 e. The van der Waals surface area contributed by atoms with E-state index in [-0.39, 0.29) is 0 Å². The molecule has 0 bridgehead atoms. The zero-order valence-electron chi connectivity index (χ0n) is 5.58. The Bertz CT molecular complexity index is 247. The van der Waals surface area contributed by atoms with Gasteiger partial charge in [-0.25, -0.2) is 0 Å². The molecular weight excluding hydrogens is 142 g/mol. The monoisotopic (exact) mass is 150 g/mol. The van der Waals surface area contributed by atoms with Crippen LogP contribution in [0, 0.1) is 0 Å². The molecule has 0 saturated heterocycles. The molecule has 1 aliphatic heterocycles. The van der Waals surface area contributed by atoms with E-state index in [9.17, 15) is 0 Å². The summed E-state index contributed by atoms with van der Waals surface area (Å²) in [6.45, 7) is 0.995. The van der Waals surface area contributed by atoms with Gasteiger partial charge in [0.25, 0.3) is 0 Å². The van der Waals surface area contributed by atoms with Gasteiger partial charge in [0.15, 0.2) is 0 Å². The molecule has 0 amide bonds.